The van der Waals surface area contributed by atoms with Gasteiger partial charge in [-0.2, -0.15) is 0 Å². The summed E-state index contributed by atoms with van der Waals surface area (Å²) in [7, 11) is 0. The van der Waals surface area contributed by atoms with Crippen LogP contribution in [0.2, 0.25) is 0 Å². The smallest absolute Gasteiger partial charge is 0.220 e. The first-order chi connectivity index (χ1) is 32.7. The van der Waals surface area contributed by atoms with Crippen LogP contribution in [0.15, 0.2) is 12.2 Å². The Balaban J connectivity index is 3.39. The number of aliphatic hydroxyl groups excluding tert-OH is 2. The van der Waals surface area contributed by atoms with Crippen molar-refractivity contribution in [3.63, 3.8) is 0 Å². The van der Waals surface area contributed by atoms with Gasteiger partial charge in [-0.3, -0.25) is 4.79 Å². The quantitative estimate of drug-likeness (QED) is 0.0420. The molecular weight excluding hydrogens is 807 g/mol. The van der Waals surface area contributed by atoms with Crippen molar-refractivity contribution in [2.75, 3.05) is 6.61 Å². The fourth-order valence-corrected chi connectivity index (χ4v) is 10.1. The van der Waals surface area contributed by atoms with Crippen LogP contribution in [0.1, 0.15) is 361 Å². The molecule has 2 unspecified atom stereocenters. The molecule has 0 bridgehead atoms. The second kappa shape index (κ2) is 58.4. The van der Waals surface area contributed by atoms with Crippen LogP contribution in [-0.2, 0) is 4.79 Å². The van der Waals surface area contributed by atoms with Crippen LogP contribution in [0, 0.1) is 0 Å². The van der Waals surface area contributed by atoms with Crippen molar-refractivity contribution in [1.82, 2.24) is 5.32 Å². The third kappa shape index (κ3) is 54.1. The maximum absolute atomic E-state index is 12.5. The maximum atomic E-state index is 12.5. The number of allylic oxidation sites excluding steroid dienone is 1. The second-order valence-electron chi connectivity index (χ2n) is 21.5. The van der Waals surface area contributed by atoms with Crippen LogP contribution in [0.25, 0.3) is 0 Å². The number of carbonyl (C=O) groups is 1. The van der Waals surface area contributed by atoms with Gasteiger partial charge in [-0.15, -0.1) is 0 Å². The third-order valence-electron chi connectivity index (χ3n) is 14.8. The molecule has 0 saturated heterocycles. The van der Waals surface area contributed by atoms with Gasteiger partial charge in [-0.25, -0.2) is 0 Å². The summed E-state index contributed by atoms with van der Waals surface area (Å²) in [6, 6.07) is -0.618. The molecule has 2 atom stereocenters. The number of carbonyl (C=O) groups excluding carboxylic acids is 1. The molecule has 4 heteroatoms. The Hall–Kier alpha value is -0.870. The summed E-state index contributed by atoms with van der Waals surface area (Å²) in [4.78, 5) is 12.5. The zero-order valence-electron chi connectivity index (χ0n) is 45.5. The van der Waals surface area contributed by atoms with Gasteiger partial charge in [0, 0.05) is 6.42 Å². The molecule has 66 heavy (non-hydrogen) atoms. The van der Waals surface area contributed by atoms with Crippen molar-refractivity contribution < 1.29 is 15.0 Å². The fourth-order valence-electron chi connectivity index (χ4n) is 10.1. The van der Waals surface area contributed by atoms with Gasteiger partial charge < -0.3 is 15.5 Å². The van der Waals surface area contributed by atoms with Gasteiger partial charge in [-0.05, 0) is 19.3 Å². The minimum Gasteiger partial charge on any atom is -0.394 e. The van der Waals surface area contributed by atoms with Crippen LogP contribution >= 0.6 is 0 Å². The molecule has 0 fully saturated rings. The number of rotatable bonds is 58. The highest BCUT2D eigenvalue weighted by Gasteiger charge is 2.18. The molecule has 0 aromatic carbocycles. The number of unbranched alkanes of at least 4 members (excludes halogenated alkanes) is 51. The van der Waals surface area contributed by atoms with Crippen LogP contribution < -0.4 is 5.32 Å². The summed E-state index contributed by atoms with van der Waals surface area (Å²) in [6.07, 6.45) is 77.0. The average molecular weight is 931 g/mol. The lowest BCUT2D eigenvalue weighted by molar-refractivity contribution is -0.123. The molecule has 0 aliphatic rings. The molecule has 0 heterocycles. The molecule has 0 aliphatic heterocycles. The molecule has 3 N–H and O–H groups in total. The number of aliphatic hydroxyl groups is 2. The number of nitrogens with one attached hydrogen (secondary N) is 1. The third-order valence-corrected chi connectivity index (χ3v) is 14.8. The van der Waals surface area contributed by atoms with E-state index >= 15 is 0 Å². The summed E-state index contributed by atoms with van der Waals surface area (Å²) in [5.41, 5.74) is 0. The van der Waals surface area contributed by atoms with Crippen molar-refractivity contribution in [2.24, 2.45) is 0 Å². The van der Waals surface area contributed by atoms with Gasteiger partial charge in [0.05, 0.1) is 18.8 Å². The highest BCUT2D eigenvalue weighted by atomic mass is 16.3. The number of hydrogen-bond donors (Lipinski definition) is 3. The molecule has 4 nitrogen and oxygen atoms in total. The summed E-state index contributed by atoms with van der Waals surface area (Å²) in [5, 5.41) is 23.2. The predicted octanol–water partition coefficient (Wildman–Crippen LogP) is 20.5. The van der Waals surface area contributed by atoms with E-state index in [0.717, 1.165) is 25.7 Å². The van der Waals surface area contributed by atoms with E-state index in [1.165, 1.54) is 315 Å². The van der Waals surface area contributed by atoms with Gasteiger partial charge >= 0.3 is 0 Å². The Kier molecular flexibility index (Phi) is 57.7. The normalized spacial score (nSPS) is 12.7. The fraction of sp³-hybridized carbons (Fsp3) is 0.952. The predicted molar refractivity (Wildman–Crippen MR) is 295 cm³/mol. The zero-order chi connectivity index (χ0) is 47.7. The molecule has 394 valence electrons. The lowest BCUT2D eigenvalue weighted by Gasteiger charge is -2.20. The molecule has 0 aromatic heterocycles. The Labute approximate surface area is 416 Å². The Morgan fingerprint density at radius 2 is 0.561 bits per heavy atom. The standard InChI is InChI=1S/C62H123NO3/c1-3-5-7-9-11-13-15-17-19-21-23-25-26-27-28-29-30-31-32-33-34-35-36-37-38-40-42-44-46-48-50-52-54-56-58-62(66)63-60(59-64)61(65)57-55-53-51-49-47-45-43-41-39-24-22-20-18-16-14-12-10-8-6-4-2/h55,57,60-61,64-65H,3-54,56,58-59H2,1-2H3,(H,63,66)/b57-55+. The Morgan fingerprint density at radius 3 is 0.788 bits per heavy atom. The molecule has 0 rings (SSSR count). The van der Waals surface area contributed by atoms with E-state index in [4.69, 9.17) is 0 Å². The minimum absolute atomic E-state index is 0.0547. The van der Waals surface area contributed by atoms with Crippen molar-refractivity contribution in [3.8, 4) is 0 Å². The van der Waals surface area contributed by atoms with E-state index in [0.29, 0.717) is 6.42 Å². The first-order valence-corrected chi connectivity index (χ1v) is 30.9. The van der Waals surface area contributed by atoms with Crippen LogP contribution in [0.5, 0.6) is 0 Å². The lowest BCUT2D eigenvalue weighted by atomic mass is 10.0. The highest BCUT2D eigenvalue weighted by Crippen LogP contribution is 2.19. The molecule has 0 aromatic rings. The number of amides is 1. The van der Waals surface area contributed by atoms with Gasteiger partial charge in [0.15, 0.2) is 0 Å². The monoisotopic (exact) mass is 930 g/mol. The maximum Gasteiger partial charge on any atom is 0.220 e. The van der Waals surface area contributed by atoms with E-state index < -0.39 is 12.1 Å². The molecule has 0 radical (unpaired) electrons. The van der Waals surface area contributed by atoms with Crippen molar-refractivity contribution in [2.45, 2.75) is 373 Å². The van der Waals surface area contributed by atoms with E-state index in [-0.39, 0.29) is 12.5 Å². The largest absolute Gasteiger partial charge is 0.394 e. The first-order valence-electron chi connectivity index (χ1n) is 30.9. The van der Waals surface area contributed by atoms with Gasteiger partial charge in [-0.1, -0.05) is 347 Å². The van der Waals surface area contributed by atoms with E-state index in [1.807, 2.05) is 6.08 Å². The van der Waals surface area contributed by atoms with E-state index in [2.05, 4.69) is 19.2 Å². The summed E-state index contributed by atoms with van der Waals surface area (Å²) in [5.74, 6) is -0.0547. The first kappa shape index (κ1) is 65.1. The summed E-state index contributed by atoms with van der Waals surface area (Å²) in [6.45, 7) is 4.36. The second-order valence-corrected chi connectivity index (χ2v) is 21.5. The van der Waals surface area contributed by atoms with Gasteiger partial charge in [0.1, 0.15) is 0 Å². The summed E-state index contributed by atoms with van der Waals surface area (Å²) < 4.78 is 0. The average Bonchev–Trinajstić information content (AvgIpc) is 3.32. The van der Waals surface area contributed by atoms with Gasteiger partial charge in [0.25, 0.3) is 0 Å². The van der Waals surface area contributed by atoms with Gasteiger partial charge in [0.2, 0.25) is 5.91 Å². The van der Waals surface area contributed by atoms with E-state index in [1.54, 1.807) is 6.08 Å². The SMILES string of the molecule is CCCCCCCCCCCCCCCCCCCC/C=C/C(O)C(CO)NC(=O)CCCCCCCCCCCCCCCCCCCCCCCCCCCCCCCCCCCC. The van der Waals surface area contributed by atoms with Crippen molar-refractivity contribution >= 4 is 5.91 Å². The molecule has 0 spiro atoms. The minimum atomic E-state index is -0.836. The van der Waals surface area contributed by atoms with Crippen molar-refractivity contribution in [1.29, 1.82) is 0 Å². The molecule has 0 saturated carbocycles. The topological polar surface area (TPSA) is 69.6 Å². The zero-order valence-corrected chi connectivity index (χ0v) is 45.5. The lowest BCUT2D eigenvalue weighted by Crippen LogP contribution is -2.45. The van der Waals surface area contributed by atoms with Crippen LogP contribution in [-0.4, -0.2) is 34.9 Å². The van der Waals surface area contributed by atoms with Crippen LogP contribution in [0.4, 0.5) is 0 Å². The Bertz CT molecular complexity index is 921. The molecular formula is C62H123NO3. The molecule has 1 amide bonds. The van der Waals surface area contributed by atoms with E-state index in [9.17, 15) is 15.0 Å². The number of hydrogen-bond acceptors (Lipinski definition) is 3. The highest BCUT2D eigenvalue weighted by molar-refractivity contribution is 5.76. The molecule has 0 aliphatic carbocycles. The van der Waals surface area contributed by atoms with Crippen molar-refractivity contribution in [3.05, 3.63) is 12.2 Å². The van der Waals surface area contributed by atoms with Crippen LogP contribution in [0.3, 0.4) is 0 Å². The summed E-state index contributed by atoms with van der Waals surface area (Å²) >= 11 is 0. The Morgan fingerprint density at radius 1 is 0.348 bits per heavy atom.